The zero-order valence-corrected chi connectivity index (χ0v) is 10.4. The normalized spacial score (nSPS) is 10.6. The van der Waals surface area contributed by atoms with Gasteiger partial charge in [-0.25, -0.2) is 9.37 Å². The maximum atomic E-state index is 12.8. The molecule has 3 rings (SSSR count). The van der Waals surface area contributed by atoms with Crippen molar-refractivity contribution in [3.05, 3.63) is 58.8 Å². The number of nitrogens with zero attached hydrogens (tertiary/aromatic N) is 2. The van der Waals surface area contributed by atoms with E-state index in [1.54, 1.807) is 30.5 Å². The molecular formula is C13H8FN3OS. The Kier molecular flexibility index (Phi) is 2.92. The highest BCUT2D eigenvalue weighted by atomic mass is 32.1. The molecule has 1 N–H and O–H groups in total. The van der Waals surface area contributed by atoms with Crippen molar-refractivity contribution in [1.82, 2.24) is 9.97 Å². The summed E-state index contributed by atoms with van der Waals surface area (Å²) < 4.78 is 12.8. The van der Waals surface area contributed by atoms with Gasteiger partial charge in [-0.15, -0.1) is 0 Å². The lowest BCUT2D eigenvalue weighted by molar-refractivity contribution is 0.628. The highest BCUT2D eigenvalue weighted by molar-refractivity contribution is 7.21. The van der Waals surface area contributed by atoms with E-state index in [9.17, 15) is 9.18 Å². The third kappa shape index (κ3) is 2.43. The van der Waals surface area contributed by atoms with Gasteiger partial charge >= 0.3 is 0 Å². The summed E-state index contributed by atoms with van der Waals surface area (Å²) in [4.78, 5) is 20.5. The topological polar surface area (TPSA) is 54.9 Å². The van der Waals surface area contributed by atoms with Crippen LogP contribution in [0.2, 0.25) is 0 Å². The molecule has 19 heavy (non-hydrogen) atoms. The van der Waals surface area contributed by atoms with Crippen LogP contribution in [-0.4, -0.2) is 9.97 Å². The molecule has 0 radical (unpaired) electrons. The van der Waals surface area contributed by atoms with Gasteiger partial charge in [0.05, 0.1) is 5.39 Å². The van der Waals surface area contributed by atoms with E-state index < -0.39 is 0 Å². The fraction of sp³-hybridized carbons (Fsp3) is 0. The van der Waals surface area contributed by atoms with Gasteiger partial charge in [-0.1, -0.05) is 11.3 Å². The molecular weight excluding hydrogens is 265 g/mol. The SMILES string of the molecule is O=c1nc(Nc2ccc(F)cc2)sc2ncccc12. The minimum atomic E-state index is -0.327. The number of fused-ring (bicyclic) bond motifs is 1. The molecule has 0 spiro atoms. The number of pyridine rings is 1. The first-order chi connectivity index (χ1) is 9.22. The largest absolute Gasteiger partial charge is 0.331 e. The van der Waals surface area contributed by atoms with E-state index in [-0.39, 0.29) is 11.4 Å². The van der Waals surface area contributed by atoms with Gasteiger partial charge in [0.1, 0.15) is 10.6 Å². The van der Waals surface area contributed by atoms with Gasteiger partial charge in [0, 0.05) is 11.9 Å². The summed E-state index contributed by atoms with van der Waals surface area (Å²) in [6.07, 6.45) is 1.62. The lowest BCUT2D eigenvalue weighted by Gasteiger charge is -2.04. The van der Waals surface area contributed by atoms with Gasteiger partial charge in [0.2, 0.25) is 0 Å². The Bertz CT molecular complexity index is 786. The number of hydrogen-bond donors (Lipinski definition) is 1. The fourth-order valence-electron chi connectivity index (χ4n) is 1.61. The second-order valence-corrected chi connectivity index (χ2v) is 4.79. The molecule has 0 amide bonds. The van der Waals surface area contributed by atoms with E-state index >= 15 is 0 Å². The monoisotopic (exact) mass is 273 g/mol. The van der Waals surface area contributed by atoms with Crippen molar-refractivity contribution in [1.29, 1.82) is 0 Å². The van der Waals surface area contributed by atoms with Crippen LogP contribution in [0.25, 0.3) is 10.2 Å². The molecule has 2 heterocycles. The molecule has 2 aromatic heterocycles. The molecule has 0 fully saturated rings. The quantitative estimate of drug-likeness (QED) is 0.780. The Labute approximate surface area is 111 Å². The highest BCUT2D eigenvalue weighted by Crippen LogP contribution is 2.22. The molecule has 0 aliphatic heterocycles. The first kappa shape index (κ1) is 11.7. The molecule has 1 aromatic carbocycles. The summed E-state index contributed by atoms with van der Waals surface area (Å²) in [5, 5.41) is 3.90. The Morgan fingerprint density at radius 1 is 1.16 bits per heavy atom. The third-order valence-electron chi connectivity index (χ3n) is 2.49. The van der Waals surface area contributed by atoms with E-state index in [2.05, 4.69) is 15.3 Å². The molecule has 0 bridgehead atoms. The van der Waals surface area contributed by atoms with Crippen molar-refractivity contribution < 1.29 is 4.39 Å². The molecule has 0 unspecified atom stereocenters. The van der Waals surface area contributed by atoms with Crippen molar-refractivity contribution in [2.75, 3.05) is 5.32 Å². The third-order valence-corrected chi connectivity index (χ3v) is 3.40. The van der Waals surface area contributed by atoms with Crippen LogP contribution in [0.3, 0.4) is 0 Å². The average Bonchev–Trinajstić information content (AvgIpc) is 2.42. The van der Waals surface area contributed by atoms with Crippen molar-refractivity contribution in [2.45, 2.75) is 0 Å². The van der Waals surface area contributed by atoms with Gasteiger partial charge in [-0.05, 0) is 36.4 Å². The number of anilines is 2. The molecule has 6 heteroatoms. The first-order valence-electron chi connectivity index (χ1n) is 5.51. The maximum Gasteiger partial charge on any atom is 0.282 e. The molecule has 4 nitrogen and oxygen atoms in total. The number of nitrogens with one attached hydrogen (secondary N) is 1. The number of hydrogen-bond acceptors (Lipinski definition) is 5. The zero-order chi connectivity index (χ0) is 13.2. The van der Waals surface area contributed by atoms with Crippen LogP contribution in [0, 0.1) is 5.82 Å². The van der Waals surface area contributed by atoms with E-state index in [0.717, 1.165) is 0 Å². The molecule has 0 aliphatic carbocycles. The van der Waals surface area contributed by atoms with Crippen molar-refractivity contribution >= 4 is 32.4 Å². The summed E-state index contributed by atoms with van der Waals surface area (Å²) in [7, 11) is 0. The van der Waals surface area contributed by atoms with Crippen LogP contribution in [0.15, 0.2) is 47.4 Å². The van der Waals surface area contributed by atoms with Gasteiger partial charge < -0.3 is 5.32 Å². The molecule has 0 saturated heterocycles. The second-order valence-electron chi connectivity index (χ2n) is 3.81. The van der Waals surface area contributed by atoms with Crippen LogP contribution in [-0.2, 0) is 0 Å². The number of rotatable bonds is 2. The lowest BCUT2D eigenvalue weighted by Crippen LogP contribution is -2.07. The minimum absolute atomic E-state index is 0.313. The predicted octanol–water partition coefficient (Wildman–Crippen LogP) is 2.93. The maximum absolute atomic E-state index is 12.8. The van der Waals surface area contributed by atoms with Crippen LogP contribution >= 0.6 is 11.3 Å². The number of benzene rings is 1. The Morgan fingerprint density at radius 3 is 2.74 bits per heavy atom. The summed E-state index contributed by atoms with van der Waals surface area (Å²) in [5.74, 6) is -0.313. The van der Waals surface area contributed by atoms with Gasteiger partial charge in [-0.3, -0.25) is 4.79 Å². The average molecular weight is 273 g/mol. The lowest BCUT2D eigenvalue weighted by atomic mass is 10.3. The van der Waals surface area contributed by atoms with Crippen LogP contribution in [0.4, 0.5) is 15.2 Å². The second kappa shape index (κ2) is 4.74. The summed E-state index contributed by atoms with van der Waals surface area (Å²) >= 11 is 1.27. The first-order valence-corrected chi connectivity index (χ1v) is 6.32. The molecule has 94 valence electrons. The number of aromatic nitrogens is 2. The van der Waals surface area contributed by atoms with Gasteiger partial charge in [0.15, 0.2) is 5.13 Å². The zero-order valence-electron chi connectivity index (χ0n) is 9.63. The number of halogens is 1. The Morgan fingerprint density at radius 2 is 1.95 bits per heavy atom. The van der Waals surface area contributed by atoms with Crippen LogP contribution in [0.5, 0.6) is 0 Å². The van der Waals surface area contributed by atoms with E-state index in [1.807, 2.05) is 0 Å². The Balaban J connectivity index is 2.01. The predicted molar refractivity (Wildman–Crippen MR) is 73.4 cm³/mol. The van der Waals surface area contributed by atoms with Crippen molar-refractivity contribution in [3.63, 3.8) is 0 Å². The highest BCUT2D eigenvalue weighted by Gasteiger charge is 2.05. The smallest absolute Gasteiger partial charge is 0.282 e. The summed E-state index contributed by atoms with van der Waals surface area (Å²) in [6, 6.07) is 9.23. The molecule has 0 saturated carbocycles. The minimum Gasteiger partial charge on any atom is -0.331 e. The summed E-state index contributed by atoms with van der Waals surface area (Å²) in [6.45, 7) is 0. The van der Waals surface area contributed by atoms with Crippen LogP contribution in [0.1, 0.15) is 0 Å². The van der Waals surface area contributed by atoms with Crippen molar-refractivity contribution in [3.8, 4) is 0 Å². The summed E-state index contributed by atoms with van der Waals surface area (Å²) in [5.41, 5.74) is 0.339. The fourth-order valence-corrected chi connectivity index (χ4v) is 2.47. The van der Waals surface area contributed by atoms with E-state index in [0.29, 0.717) is 21.0 Å². The van der Waals surface area contributed by atoms with E-state index in [1.165, 1.54) is 23.5 Å². The Hall–Kier alpha value is -2.34. The van der Waals surface area contributed by atoms with E-state index in [4.69, 9.17) is 0 Å². The van der Waals surface area contributed by atoms with Gasteiger partial charge in [-0.2, -0.15) is 4.98 Å². The molecule has 3 aromatic rings. The van der Waals surface area contributed by atoms with Crippen molar-refractivity contribution in [2.24, 2.45) is 0 Å². The van der Waals surface area contributed by atoms with Crippen LogP contribution < -0.4 is 10.9 Å². The molecule has 0 atom stereocenters. The van der Waals surface area contributed by atoms with Gasteiger partial charge in [0.25, 0.3) is 5.56 Å². The molecule has 0 aliphatic rings. The standard InChI is InChI=1S/C13H8FN3OS/c14-8-3-5-9(6-4-8)16-13-17-11(18)10-2-1-7-15-12(10)19-13/h1-7H,(H,16,17,18).